The van der Waals surface area contributed by atoms with E-state index in [1.165, 1.54) is 0 Å². The molecule has 26 heavy (non-hydrogen) atoms. The highest BCUT2D eigenvalue weighted by atomic mass is 127. The van der Waals surface area contributed by atoms with E-state index in [0.29, 0.717) is 13.1 Å². The standard InChI is InChI=1S/C18H22N6O.HI/c1-3-19-18(20-12-14-7-6-8-15(11-14)25-2)21-13-17-23-22-16-9-4-5-10-24(16)17;/h4-11H,3,12-13H2,1-2H3,(H2,19,20,21);1H. The van der Waals surface area contributed by atoms with E-state index in [4.69, 9.17) is 4.74 Å². The number of pyridine rings is 1. The number of ether oxygens (including phenoxy) is 1. The summed E-state index contributed by atoms with van der Waals surface area (Å²) < 4.78 is 7.21. The van der Waals surface area contributed by atoms with Crippen LogP contribution in [0.5, 0.6) is 5.75 Å². The Bertz CT molecular complexity index is 864. The summed E-state index contributed by atoms with van der Waals surface area (Å²) in [6.07, 6.45) is 1.95. The molecule has 0 aliphatic carbocycles. The van der Waals surface area contributed by atoms with Gasteiger partial charge in [-0.2, -0.15) is 0 Å². The normalized spacial score (nSPS) is 11.1. The Morgan fingerprint density at radius 3 is 2.85 bits per heavy atom. The van der Waals surface area contributed by atoms with Gasteiger partial charge in [-0.05, 0) is 36.8 Å². The lowest BCUT2D eigenvalue weighted by Crippen LogP contribution is -2.37. The molecule has 0 radical (unpaired) electrons. The molecular formula is C18H23IN6O. The fourth-order valence-electron chi connectivity index (χ4n) is 2.46. The predicted molar refractivity (Wildman–Crippen MR) is 113 cm³/mol. The second-order valence-electron chi connectivity index (χ2n) is 5.45. The molecular weight excluding hydrogens is 443 g/mol. The monoisotopic (exact) mass is 466 g/mol. The number of nitrogens with one attached hydrogen (secondary N) is 2. The van der Waals surface area contributed by atoms with Crippen molar-refractivity contribution in [1.29, 1.82) is 0 Å². The SMILES string of the molecule is CCNC(=NCc1cccc(OC)c1)NCc1nnc2ccccn12.I. The fraction of sp³-hybridized carbons (Fsp3) is 0.278. The summed E-state index contributed by atoms with van der Waals surface area (Å²) in [5.41, 5.74) is 1.92. The van der Waals surface area contributed by atoms with Crippen LogP contribution in [0.4, 0.5) is 0 Å². The van der Waals surface area contributed by atoms with Crippen molar-refractivity contribution in [2.24, 2.45) is 4.99 Å². The van der Waals surface area contributed by atoms with E-state index < -0.39 is 0 Å². The summed E-state index contributed by atoms with van der Waals surface area (Å²) >= 11 is 0. The zero-order valence-corrected chi connectivity index (χ0v) is 17.2. The molecule has 2 aromatic heterocycles. The highest BCUT2D eigenvalue weighted by Crippen LogP contribution is 2.13. The van der Waals surface area contributed by atoms with E-state index >= 15 is 0 Å². The summed E-state index contributed by atoms with van der Waals surface area (Å²) in [5.74, 6) is 2.40. The van der Waals surface area contributed by atoms with Crippen molar-refractivity contribution in [3.63, 3.8) is 0 Å². The van der Waals surface area contributed by atoms with Gasteiger partial charge in [0.2, 0.25) is 0 Å². The number of aliphatic imine (C=N–C) groups is 1. The number of hydrogen-bond acceptors (Lipinski definition) is 4. The molecule has 0 spiro atoms. The first-order chi connectivity index (χ1) is 12.3. The molecule has 0 unspecified atom stereocenters. The van der Waals surface area contributed by atoms with Gasteiger partial charge >= 0.3 is 0 Å². The minimum atomic E-state index is 0. The van der Waals surface area contributed by atoms with Crippen LogP contribution in [0.2, 0.25) is 0 Å². The number of guanidine groups is 1. The molecule has 1 aromatic carbocycles. The fourth-order valence-corrected chi connectivity index (χ4v) is 2.46. The van der Waals surface area contributed by atoms with Crippen molar-refractivity contribution in [3.05, 3.63) is 60.0 Å². The third kappa shape index (κ3) is 5.07. The van der Waals surface area contributed by atoms with Gasteiger partial charge in [0, 0.05) is 12.7 Å². The smallest absolute Gasteiger partial charge is 0.191 e. The molecule has 0 saturated heterocycles. The maximum Gasteiger partial charge on any atom is 0.191 e. The molecule has 3 rings (SSSR count). The molecule has 138 valence electrons. The zero-order valence-electron chi connectivity index (χ0n) is 14.8. The predicted octanol–water partition coefficient (Wildman–Crippen LogP) is 2.61. The first-order valence-electron chi connectivity index (χ1n) is 8.24. The first kappa shape index (κ1) is 20.0. The Labute approximate surface area is 169 Å². The van der Waals surface area contributed by atoms with Crippen LogP contribution in [-0.4, -0.2) is 34.2 Å². The van der Waals surface area contributed by atoms with Gasteiger partial charge in [0.1, 0.15) is 5.75 Å². The van der Waals surface area contributed by atoms with E-state index in [1.54, 1.807) is 7.11 Å². The molecule has 0 atom stereocenters. The van der Waals surface area contributed by atoms with Crippen molar-refractivity contribution < 1.29 is 4.74 Å². The van der Waals surface area contributed by atoms with Crippen molar-refractivity contribution >= 4 is 35.6 Å². The summed E-state index contributed by atoms with van der Waals surface area (Å²) in [7, 11) is 1.66. The minimum absolute atomic E-state index is 0. The zero-order chi connectivity index (χ0) is 17.5. The Morgan fingerprint density at radius 1 is 1.15 bits per heavy atom. The van der Waals surface area contributed by atoms with E-state index in [-0.39, 0.29) is 24.0 Å². The van der Waals surface area contributed by atoms with Crippen molar-refractivity contribution in [2.45, 2.75) is 20.0 Å². The van der Waals surface area contributed by atoms with E-state index in [2.05, 4.69) is 25.8 Å². The number of benzene rings is 1. The van der Waals surface area contributed by atoms with Gasteiger partial charge < -0.3 is 15.4 Å². The number of hydrogen-bond donors (Lipinski definition) is 2. The van der Waals surface area contributed by atoms with Gasteiger partial charge in [-0.15, -0.1) is 34.2 Å². The van der Waals surface area contributed by atoms with Gasteiger partial charge in [0.15, 0.2) is 17.4 Å². The molecule has 0 fully saturated rings. The Kier molecular flexibility index (Phi) is 7.64. The van der Waals surface area contributed by atoms with E-state index in [9.17, 15) is 0 Å². The molecule has 0 saturated carbocycles. The highest BCUT2D eigenvalue weighted by Gasteiger charge is 2.05. The van der Waals surface area contributed by atoms with Crippen LogP contribution in [0.25, 0.3) is 5.65 Å². The van der Waals surface area contributed by atoms with Gasteiger partial charge in [-0.3, -0.25) is 4.40 Å². The van der Waals surface area contributed by atoms with Crippen LogP contribution in [0.15, 0.2) is 53.7 Å². The van der Waals surface area contributed by atoms with Gasteiger partial charge in [0.05, 0.1) is 20.2 Å². The van der Waals surface area contributed by atoms with Crippen LogP contribution in [-0.2, 0) is 13.1 Å². The molecule has 0 amide bonds. The molecule has 2 N–H and O–H groups in total. The lowest BCUT2D eigenvalue weighted by Gasteiger charge is -2.11. The van der Waals surface area contributed by atoms with Crippen molar-refractivity contribution in [2.75, 3.05) is 13.7 Å². The summed E-state index contributed by atoms with van der Waals surface area (Å²) in [4.78, 5) is 4.62. The topological polar surface area (TPSA) is 75.8 Å². The summed E-state index contributed by atoms with van der Waals surface area (Å²) in [5, 5.41) is 14.9. The van der Waals surface area contributed by atoms with Crippen molar-refractivity contribution in [3.8, 4) is 5.75 Å². The van der Waals surface area contributed by atoms with Gasteiger partial charge in [-0.1, -0.05) is 18.2 Å². The summed E-state index contributed by atoms with van der Waals surface area (Å²) in [6, 6.07) is 13.7. The highest BCUT2D eigenvalue weighted by molar-refractivity contribution is 14.0. The number of fused-ring (bicyclic) bond motifs is 1. The molecule has 8 heteroatoms. The third-order valence-electron chi connectivity index (χ3n) is 3.70. The number of halogens is 1. The lowest BCUT2D eigenvalue weighted by atomic mass is 10.2. The average Bonchev–Trinajstić information content (AvgIpc) is 3.07. The average molecular weight is 466 g/mol. The van der Waals surface area contributed by atoms with Gasteiger partial charge in [-0.25, -0.2) is 4.99 Å². The maximum atomic E-state index is 5.25. The Morgan fingerprint density at radius 2 is 2.04 bits per heavy atom. The van der Waals surface area contributed by atoms with Crippen LogP contribution in [0.3, 0.4) is 0 Å². The molecule has 0 aliphatic rings. The van der Waals surface area contributed by atoms with Gasteiger partial charge in [0.25, 0.3) is 0 Å². The van der Waals surface area contributed by atoms with E-state index in [1.807, 2.05) is 60.0 Å². The number of nitrogens with zero attached hydrogens (tertiary/aromatic N) is 4. The first-order valence-corrected chi connectivity index (χ1v) is 8.24. The summed E-state index contributed by atoms with van der Waals surface area (Å²) in [6.45, 7) is 3.92. The lowest BCUT2D eigenvalue weighted by molar-refractivity contribution is 0.414. The quantitative estimate of drug-likeness (QED) is 0.332. The molecule has 3 aromatic rings. The van der Waals surface area contributed by atoms with Crippen LogP contribution in [0, 0.1) is 0 Å². The Balaban J connectivity index is 0.00000243. The maximum absolute atomic E-state index is 5.25. The second-order valence-corrected chi connectivity index (χ2v) is 5.45. The third-order valence-corrected chi connectivity index (χ3v) is 3.70. The number of rotatable bonds is 6. The minimum Gasteiger partial charge on any atom is -0.497 e. The van der Waals surface area contributed by atoms with Crippen LogP contribution < -0.4 is 15.4 Å². The van der Waals surface area contributed by atoms with Crippen LogP contribution >= 0.6 is 24.0 Å². The largest absolute Gasteiger partial charge is 0.497 e. The molecule has 0 aliphatic heterocycles. The second kappa shape index (κ2) is 9.95. The number of aromatic nitrogens is 3. The molecule has 7 nitrogen and oxygen atoms in total. The van der Waals surface area contributed by atoms with Crippen molar-refractivity contribution in [1.82, 2.24) is 25.2 Å². The van der Waals surface area contributed by atoms with E-state index in [0.717, 1.165) is 35.3 Å². The Hall–Kier alpha value is -2.36. The molecule has 0 bridgehead atoms. The molecule has 2 heterocycles. The number of methoxy groups -OCH3 is 1. The van der Waals surface area contributed by atoms with Crippen LogP contribution in [0.1, 0.15) is 18.3 Å².